The van der Waals surface area contributed by atoms with E-state index in [9.17, 15) is 4.79 Å². The third-order valence-corrected chi connectivity index (χ3v) is 0.729. The van der Waals surface area contributed by atoms with Crippen LogP contribution in [0.2, 0.25) is 0 Å². The fourth-order valence-corrected chi connectivity index (χ4v) is 0. The van der Waals surface area contributed by atoms with Gasteiger partial charge in [0, 0.05) is 37.8 Å². The minimum atomic E-state index is -0.833. The second kappa shape index (κ2) is 18.4. The van der Waals surface area contributed by atoms with E-state index in [1.807, 2.05) is 0 Å². The van der Waals surface area contributed by atoms with Gasteiger partial charge in [0.1, 0.15) is 0 Å². The minimum absolute atomic E-state index is 0. The van der Waals surface area contributed by atoms with Crippen molar-refractivity contribution in [2.24, 2.45) is 0 Å². The third kappa shape index (κ3) is 481. The molecule has 0 aliphatic carbocycles. The Hall–Kier alpha value is -0.341. The van der Waals surface area contributed by atoms with Crippen LogP contribution in [-0.2, 0) is 34.5 Å². The summed E-state index contributed by atoms with van der Waals surface area (Å²) in [5.74, 6) is -1.93. The molecule has 0 atom stereocenters. The summed E-state index contributed by atoms with van der Waals surface area (Å²) in [5, 5.41) is 14.8. The number of hydrogen-bond acceptors (Lipinski definition) is 4. The smallest absolute Gasteiger partial charge is 0.312 e. The van der Waals surface area contributed by atoms with Crippen LogP contribution in [0.3, 0.4) is 0 Å². The van der Waals surface area contributed by atoms with Crippen LogP contribution < -0.4 is 0 Å². The maximum Gasteiger partial charge on any atom is 0.312 e. The van der Waals surface area contributed by atoms with Crippen molar-refractivity contribution in [2.75, 3.05) is 0 Å². The van der Waals surface area contributed by atoms with Crippen molar-refractivity contribution in [1.82, 2.24) is 0 Å². The average molecular weight is 370 g/mol. The van der Waals surface area contributed by atoms with Gasteiger partial charge in [0.15, 0.2) is 23.0 Å². The number of halogens is 1. The molecule has 0 aromatic carbocycles. The molecule has 0 fully saturated rings. The average Bonchev–Trinajstić information content (AvgIpc) is 1.84. The van der Waals surface area contributed by atoms with Gasteiger partial charge in [-0.05, 0) is 0 Å². The van der Waals surface area contributed by atoms with Gasteiger partial charge in [0.05, 0.1) is 0 Å². The van der Waals surface area contributed by atoms with E-state index >= 15 is 0 Å². The van der Waals surface area contributed by atoms with Crippen LogP contribution in [0.4, 0.5) is 0 Å². The molecule has 0 spiro atoms. The molecule has 0 bridgehead atoms. The predicted molar refractivity (Wildman–Crippen MR) is 52.4 cm³/mol. The van der Waals surface area contributed by atoms with Crippen molar-refractivity contribution in [1.29, 1.82) is 0 Å². The molecule has 2 N–H and O–H groups in total. The Balaban J connectivity index is -0.0000000522. The summed E-state index contributed by atoms with van der Waals surface area (Å²) in [5.41, 5.74) is 0. The SMILES string of the molecule is CC(=O)O.CC(=O)O.CC(=O)OI.[Cu]. The number of aliphatic carboxylic acids is 2. The molecule has 0 aromatic heterocycles. The molecule has 6 nitrogen and oxygen atoms in total. The maximum absolute atomic E-state index is 9.58. The van der Waals surface area contributed by atoms with Crippen LogP contribution >= 0.6 is 23.0 Å². The first-order chi connectivity index (χ1) is 5.73. The van der Waals surface area contributed by atoms with Gasteiger partial charge in [-0.15, -0.1) is 0 Å². The standard InChI is InChI=1S/C2H3IO2.2C2H4O2.Cu/c1-2(4)5-3;2*1-2(3)4;/h1H3;2*1H3,(H,3,4);. The van der Waals surface area contributed by atoms with E-state index in [-0.39, 0.29) is 23.0 Å². The minimum Gasteiger partial charge on any atom is -0.481 e. The van der Waals surface area contributed by atoms with E-state index in [1.54, 1.807) is 0 Å². The number of carboxylic acids is 2. The van der Waals surface area contributed by atoms with E-state index in [0.717, 1.165) is 13.8 Å². The maximum atomic E-state index is 9.58. The molecule has 0 amide bonds. The molecule has 8 heteroatoms. The molecule has 0 aliphatic rings. The zero-order valence-electron chi connectivity index (χ0n) is 7.71. The Bertz CT molecular complexity index is 152. The number of hydrogen-bond donors (Lipinski definition) is 2. The molecule has 0 unspecified atom stereocenters. The number of rotatable bonds is 0. The van der Waals surface area contributed by atoms with Gasteiger partial charge in [0.25, 0.3) is 11.9 Å². The predicted octanol–water partition coefficient (Wildman–Crippen LogP) is 1.08. The first kappa shape index (κ1) is 23.5. The van der Waals surface area contributed by atoms with Gasteiger partial charge in [-0.3, -0.25) is 14.4 Å². The Kier molecular flexibility index (Phi) is 30.9. The normalized spacial score (nSPS) is 6.00. The molecule has 14 heavy (non-hydrogen) atoms. The summed E-state index contributed by atoms with van der Waals surface area (Å²) < 4.78 is 4.08. The molecule has 0 saturated heterocycles. The molecular formula is C6H11CuIO6. The largest absolute Gasteiger partial charge is 0.481 e. The summed E-state index contributed by atoms with van der Waals surface area (Å²) >= 11 is 1.53. The van der Waals surface area contributed by atoms with E-state index in [2.05, 4.69) is 3.07 Å². The van der Waals surface area contributed by atoms with E-state index < -0.39 is 11.9 Å². The third-order valence-electron chi connectivity index (χ3n) is 0.109. The Morgan fingerprint density at radius 3 is 1.07 bits per heavy atom. The molecule has 89 valence electrons. The van der Waals surface area contributed by atoms with Crippen LogP contribution in [0.1, 0.15) is 20.8 Å². The van der Waals surface area contributed by atoms with Crippen molar-refractivity contribution in [3.8, 4) is 0 Å². The van der Waals surface area contributed by atoms with Crippen molar-refractivity contribution >= 4 is 40.9 Å². The quantitative estimate of drug-likeness (QED) is 0.489. The number of carboxylic acid groups (broad SMARTS) is 2. The molecule has 0 rings (SSSR count). The van der Waals surface area contributed by atoms with Crippen molar-refractivity contribution in [2.45, 2.75) is 20.8 Å². The first-order valence-electron chi connectivity index (χ1n) is 2.92. The van der Waals surface area contributed by atoms with Crippen LogP contribution in [0.5, 0.6) is 0 Å². The van der Waals surface area contributed by atoms with Gasteiger partial charge in [-0.25, -0.2) is 0 Å². The van der Waals surface area contributed by atoms with E-state index in [4.69, 9.17) is 19.8 Å². The van der Waals surface area contributed by atoms with Gasteiger partial charge in [-0.1, -0.05) is 0 Å². The second-order valence-corrected chi connectivity index (χ2v) is 2.05. The monoisotopic (exact) mass is 369 g/mol. The number of carbonyl (C=O) groups is 3. The van der Waals surface area contributed by atoms with Crippen molar-refractivity contribution in [3.63, 3.8) is 0 Å². The van der Waals surface area contributed by atoms with Crippen LogP contribution in [0, 0.1) is 0 Å². The van der Waals surface area contributed by atoms with Crippen LogP contribution in [0.15, 0.2) is 0 Å². The molecular weight excluding hydrogens is 359 g/mol. The Morgan fingerprint density at radius 1 is 1.00 bits per heavy atom. The molecule has 0 heterocycles. The van der Waals surface area contributed by atoms with Gasteiger partial charge >= 0.3 is 5.97 Å². The van der Waals surface area contributed by atoms with Crippen molar-refractivity contribution < 1.29 is 44.7 Å². The summed E-state index contributed by atoms with van der Waals surface area (Å²) in [4.78, 5) is 27.6. The van der Waals surface area contributed by atoms with Crippen molar-refractivity contribution in [3.05, 3.63) is 0 Å². The zero-order chi connectivity index (χ0) is 11.4. The van der Waals surface area contributed by atoms with Gasteiger partial charge < -0.3 is 13.3 Å². The summed E-state index contributed by atoms with van der Waals surface area (Å²) in [6.45, 7) is 3.52. The number of carbonyl (C=O) groups excluding carboxylic acids is 1. The van der Waals surface area contributed by atoms with E-state index in [1.165, 1.54) is 29.9 Å². The Labute approximate surface area is 106 Å². The van der Waals surface area contributed by atoms with Crippen LogP contribution in [0.25, 0.3) is 0 Å². The Morgan fingerprint density at radius 2 is 1.07 bits per heavy atom. The zero-order valence-corrected chi connectivity index (χ0v) is 10.8. The summed E-state index contributed by atoms with van der Waals surface area (Å²) in [6.07, 6.45) is 0. The fraction of sp³-hybridized carbons (Fsp3) is 0.500. The first-order valence-corrected chi connectivity index (χ1v) is 3.80. The van der Waals surface area contributed by atoms with Gasteiger partial charge in [0.2, 0.25) is 0 Å². The second-order valence-electron chi connectivity index (χ2n) is 1.61. The van der Waals surface area contributed by atoms with Gasteiger partial charge in [-0.2, -0.15) is 0 Å². The molecule has 0 aliphatic heterocycles. The fourth-order valence-electron chi connectivity index (χ4n) is 0. The summed E-state index contributed by atoms with van der Waals surface area (Å²) in [7, 11) is 0. The molecule has 0 aromatic rings. The van der Waals surface area contributed by atoms with Crippen LogP contribution in [-0.4, -0.2) is 28.1 Å². The van der Waals surface area contributed by atoms with E-state index in [0.29, 0.717) is 0 Å². The molecule has 0 saturated carbocycles. The molecule has 1 radical (unpaired) electrons. The summed E-state index contributed by atoms with van der Waals surface area (Å²) in [6, 6.07) is 0. The topological polar surface area (TPSA) is 101 Å².